The van der Waals surface area contributed by atoms with E-state index in [0.717, 1.165) is 5.56 Å². The van der Waals surface area contributed by atoms with Crippen molar-refractivity contribution in [2.75, 3.05) is 6.61 Å². The van der Waals surface area contributed by atoms with Gasteiger partial charge in [0.05, 0.1) is 18.2 Å². The van der Waals surface area contributed by atoms with Crippen molar-refractivity contribution in [3.8, 4) is 0 Å². The van der Waals surface area contributed by atoms with Gasteiger partial charge in [0, 0.05) is 17.5 Å². The van der Waals surface area contributed by atoms with Crippen molar-refractivity contribution in [2.45, 2.75) is 12.5 Å². The van der Waals surface area contributed by atoms with Gasteiger partial charge in [0.2, 0.25) is 0 Å². The number of amides is 1. The Kier molecular flexibility index (Phi) is 5.81. The lowest BCUT2D eigenvalue weighted by Crippen LogP contribution is -2.31. The van der Waals surface area contributed by atoms with Gasteiger partial charge in [0.15, 0.2) is 6.61 Å². The fourth-order valence-electron chi connectivity index (χ4n) is 3.04. The number of carbonyl (C=O) groups is 2. The lowest BCUT2D eigenvalue weighted by atomic mass is 10.0. The maximum Gasteiger partial charge on any atom is 0.331 e. The maximum absolute atomic E-state index is 12.8. The monoisotopic (exact) mass is 424 g/mol. The summed E-state index contributed by atoms with van der Waals surface area (Å²) in [5, 5.41) is 6.37. The predicted molar refractivity (Wildman–Crippen MR) is 110 cm³/mol. The Balaban J connectivity index is 1.46. The molecule has 0 fully saturated rings. The number of benzene rings is 1. The number of hydrazone groups is 1. The molecule has 1 amide bonds. The molecule has 4 rings (SSSR count). The maximum atomic E-state index is 12.8. The van der Waals surface area contributed by atoms with Crippen molar-refractivity contribution in [3.05, 3.63) is 89.2 Å². The van der Waals surface area contributed by atoms with Gasteiger partial charge < -0.3 is 13.6 Å². The summed E-state index contributed by atoms with van der Waals surface area (Å²) >= 11 is 5.96. The second kappa shape index (κ2) is 8.84. The molecule has 0 saturated heterocycles. The summed E-state index contributed by atoms with van der Waals surface area (Å²) in [6.45, 7) is -0.448. The molecule has 0 saturated carbocycles. The van der Waals surface area contributed by atoms with Crippen molar-refractivity contribution < 1.29 is 23.2 Å². The third-order valence-corrected chi connectivity index (χ3v) is 4.73. The summed E-state index contributed by atoms with van der Waals surface area (Å²) in [7, 11) is 0. The lowest BCUT2D eigenvalue weighted by molar-refractivity contribution is -0.149. The van der Waals surface area contributed by atoms with Gasteiger partial charge in [0.1, 0.15) is 17.6 Å². The Morgan fingerprint density at radius 2 is 1.90 bits per heavy atom. The highest BCUT2D eigenvalue weighted by atomic mass is 35.5. The minimum atomic E-state index is -0.657. The predicted octanol–water partition coefficient (Wildman–Crippen LogP) is 4.46. The number of hydrogen-bond acceptors (Lipinski definition) is 6. The number of ether oxygens (including phenoxy) is 1. The first kappa shape index (κ1) is 19.7. The normalized spacial score (nSPS) is 16.1. The molecule has 3 aromatic rings. The van der Waals surface area contributed by atoms with Crippen LogP contribution in [0.5, 0.6) is 0 Å². The van der Waals surface area contributed by atoms with Crippen LogP contribution in [0, 0.1) is 0 Å². The molecule has 3 heterocycles. The largest absolute Gasteiger partial charge is 0.467 e. The SMILES string of the molecule is O=C(/C=C/c1ccco1)OCC(=O)N1N=C(c2ccc(Cl)cc2)C[C@H]1c1ccco1. The van der Waals surface area contributed by atoms with Gasteiger partial charge in [-0.25, -0.2) is 9.80 Å². The zero-order valence-electron chi connectivity index (χ0n) is 15.7. The molecular weight excluding hydrogens is 408 g/mol. The van der Waals surface area contributed by atoms with E-state index in [4.69, 9.17) is 25.2 Å². The molecule has 0 radical (unpaired) electrons. The van der Waals surface area contributed by atoms with Gasteiger partial charge >= 0.3 is 5.97 Å². The molecule has 0 bridgehead atoms. The average molecular weight is 425 g/mol. The van der Waals surface area contributed by atoms with Crippen LogP contribution in [-0.4, -0.2) is 29.2 Å². The highest BCUT2D eigenvalue weighted by molar-refractivity contribution is 6.30. The molecule has 152 valence electrons. The number of furan rings is 2. The Hall–Kier alpha value is -3.58. The number of esters is 1. The van der Waals surface area contributed by atoms with Crippen molar-refractivity contribution in [2.24, 2.45) is 5.10 Å². The molecular formula is C22H17ClN2O5. The molecule has 1 atom stereocenters. The molecule has 0 unspecified atom stereocenters. The smallest absolute Gasteiger partial charge is 0.331 e. The molecule has 0 aliphatic carbocycles. The molecule has 30 heavy (non-hydrogen) atoms. The van der Waals surface area contributed by atoms with Gasteiger partial charge in [-0.2, -0.15) is 5.10 Å². The summed E-state index contributed by atoms with van der Waals surface area (Å²) in [5.41, 5.74) is 1.56. The molecule has 2 aromatic heterocycles. The quantitative estimate of drug-likeness (QED) is 0.430. The molecule has 8 heteroatoms. The van der Waals surface area contributed by atoms with Gasteiger partial charge in [-0.3, -0.25) is 4.79 Å². The Morgan fingerprint density at radius 1 is 1.13 bits per heavy atom. The van der Waals surface area contributed by atoms with Crippen LogP contribution in [0.25, 0.3) is 6.08 Å². The number of halogens is 1. The topological polar surface area (TPSA) is 85.2 Å². The zero-order valence-corrected chi connectivity index (χ0v) is 16.5. The van der Waals surface area contributed by atoms with Crippen LogP contribution in [0.2, 0.25) is 5.02 Å². The number of hydrogen-bond donors (Lipinski definition) is 0. The van der Waals surface area contributed by atoms with Crippen molar-refractivity contribution in [1.29, 1.82) is 0 Å². The fourth-order valence-corrected chi connectivity index (χ4v) is 3.17. The highest BCUT2D eigenvalue weighted by Crippen LogP contribution is 2.33. The number of carbonyl (C=O) groups excluding carboxylic acids is 2. The first-order chi connectivity index (χ1) is 14.6. The van der Waals surface area contributed by atoms with E-state index < -0.39 is 24.5 Å². The van der Waals surface area contributed by atoms with E-state index in [1.807, 2.05) is 12.1 Å². The van der Waals surface area contributed by atoms with Crippen LogP contribution in [0.4, 0.5) is 0 Å². The van der Waals surface area contributed by atoms with E-state index >= 15 is 0 Å². The van der Waals surface area contributed by atoms with Crippen molar-refractivity contribution >= 4 is 35.3 Å². The molecule has 0 N–H and O–H groups in total. The summed E-state index contributed by atoms with van der Waals surface area (Å²) in [6.07, 6.45) is 6.16. The van der Waals surface area contributed by atoms with E-state index in [0.29, 0.717) is 28.7 Å². The van der Waals surface area contributed by atoms with Crippen LogP contribution in [-0.2, 0) is 14.3 Å². The summed E-state index contributed by atoms with van der Waals surface area (Å²) in [6, 6.07) is 13.7. The highest BCUT2D eigenvalue weighted by Gasteiger charge is 2.35. The second-order valence-corrected chi connectivity index (χ2v) is 6.92. The minimum Gasteiger partial charge on any atom is -0.467 e. The zero-order chi connectivity index (χ0) is 20.9. The second-order valence-electron chi connectivity index (χ2n) is 6.48. The molecule has 1 aliphatic heterocycles. The van der Waals surface area contributed by atoms with E-state index in [9.17, 15) is 9.59 Å². The first-order valence-electron chi connectivity index (χ1n) is 9.17. The van der Waals surface area contributed by atoms with Crippen molar-refractivity contribution in [3.63, 3.8) is 0 Å². The summed E-state index contributed by atoms with van der Waals surface area (Å²) in [5.74, 6) is -0.0106. The van der Waals surface area contributed by atoms with E-state index in [1.54, 1.807) is 36.4 Å². The lowest BCUT2D eigenvalue weighted by Gasteiger charge is -2.19. The molecule has 0 spiro atoms. The Bertz CT molecular complexity index is 1070. The molecule has 1 aliphatic rings. The van der Waals surface area contributed by atoms with Crippen molar-refractivity contribution in [1.82, 2.24) is 5.01 Å². The third-order valence-electron chi connectivity index (χ3n) is 4.48. The van der Waals surface area contributed by atoms with E-state index in [1.165, 1.54) is 29.7 Å². The fraction of sp³-hybridized carbons (Fsp3) is 0.136. The third kappa shape index (κ3) is 4.52. The van der Waals surface area contributed by atoms with Crippen LogP contribution < -0.4 is 0 Å². The summed E-state index contributed by atoms with van der Waals surface area (Å²) in [4.78, 5) is 24.7. The van der Waals surface area contributed by atoms with Crippen LogP contribution in [0.15, 0.2) is 81.1 Å². The van der Waals surface area contributed by atoms with E-state index in [-0.39, 0.29) is 0 Å². The molecule has 1 aromatic carbocycles. The minimum absolute atomic E-state index is 0.421. The first-order valence-corrected chi connectivity index (χ1v) is 9.55. The van der Waals surface area contributed by atoms with E-state index in [2.05, 4.69) is 5.10 Å². The average Bonchev–Trinajstić information content (AvgIpc) is 3.52. The van der Waals surface area contributed by atoms with Gasteiger partial charge in [-0.05, 0) is 48.0 Å². The Labute approximate surface area is 177 Å². The van der Waals surface area contributed by atoms with Crippen LogP contribution in [0.3, 0.4) is 0 Å². The van der Waals surface area contributed by atoms with Gasteiger partial charge in [-0.15, -0.1) is 0 Å². The molecule has 7 nitrogen and oxygen atoms in total. The number of nitrogens with zero attached hydrogens (tertiary/aromatic N) is 2. The standard InChI is InChI=1S/C22H17ClN2O5/c23-16-7-5-15(6-8-16)18-13-19(20-4-2-12-29-20)25(24-18)21(26)14-30-22(27)10-9-17-3-1-11-28-17/h1-12,19H,13-14H2/b10-9+/t19-/m0/s1. The Morgan fingerprint density at radius 3 is 2.60 bits per heavy atom. The number of rotatable bonds is 6. The van der Waals surface area contributed by atoms with Crippen LogP contribution >= 0.6 is 11.6 Å². The van der Waals surface area contributed by atoms with Gasteiger partial charge in [-0.1, -0.05) is 23.7 Å². The van der Waals surface area contributed by atoms with Crippen LogP contribution in [0.1, 0.15) is 29.5 Å². The van der Waals surface area contributed by atoms with Gasteiger partial charge in [0.25, 0.3) is 5.91 Å². The summed E-state index contributed by atoms with van der Waals surface area (Å²) < 4.78 is 15.7.